The number of ether oxygens (including phenoxy) is 1. The van der Waals surface area contributed by atoms with Crippen molar-refractivity contribution in [3.05, 3.63) is 51.7 Å². The van der Waals surface area contributed by atoms with Gasteiger partial charge in [0.2, 0.25) is 5.91 Å². The van der Waals surface area contributed by atoms with E-state index in [4.69, 9.17) is 16.3 Å². The van der Waals surface area contributed by atoms with Crippen LogP contribution in [0.2, 0.25) is 5.02 Å². The Morgan fingerprint density at radius 3 is 2.52 bits per heavy atom. The molecule has 1 aromatic carbocycles. The number of anilines is 1. The number of benzene rings is 1. The molecule has 2 aliphatic heterocycles. The summed E-state index contributed by atoms with van der Waals surface area (Å²) in [6.07, 6.45) is 2.19. The van der Waals surface area contributed by atoms with Crippen LogP contribution in [0.1, 0.15) is 35.2 Å². The molecule has 1 aromatic heterocycles. The highest BCUT2D eigenvalue weighted by Crippen LogP contribution is 2.28. The van der Waals surface area contributed by atoms with Gasteiger partial charge in [-0.1, -0.05) is 23.7 Å². The van der Waals surface area contributed by atoms with Crippen LogP contribution in [0.5, 0.6) is 0 Å². The summed E-state index contributed by atoms with van der Waals surface area (Å²) in [7, 11) is 0. The maximum atomic E-state index is 12.9. The highest BCUT2D eigenvalue weighted by atomic mass is 35.5. The number of carbonyl (C=O) groups excluding carboxylic acids is 1. The fourth-order valence-corrected chi connectivity index (χ4v) is 4.80. The minimum Gasteiger partial charge on any atom is -0.376 e. The molecule has 3 heterocycles. The van der Waals surface area contributed by atoms with Crippen LogP contribution >= 0.6 is 11.6 Å². The fourth-order valence-electron chi connectivity index (χ4n) is 4.68. The van der Waals surface area contributed by atoms with Crippen LogP contribution in [0.15, 0.2) is 24.3 Å². The molecule has 2 saturated heterocycles. The largest absolute Gasteiger partial charge is 0.376 e. The van der Waals surface area contributed by atoms with Gasteiger partial charge in [-0.2, -0.15) is 5.26 Å². The maximum Gasteiger partial charge on any atom is 0.239 e. The number of nitrogens with one attached hydrogen (secondary N) is 1. The van der Waals surface area contributed by atoms with E-state index in [0.29, 0.717) is 24.5 Å². The highest BCUT2D eigenvalue weighted by Gasteiger charge is 2.25. The standard InChI is InChI=1S/C25H32ClN5O2/c1-18-19(2)31(16-22-4-3-13-33-22)25(23(18)14-27)28-24(32)17-30-11-9-29(10-12-30)15-20-5-7-21(26)8-6-20/h5-8,22H,3-4,9-13,15-17H2,1-2H3,(H,28,32). The third-order valence-corrected chi connectivity index (χ3v) is 7.01. The highest BCUT2D eigenvalue weighted by molar-refractivity contribution is 6.30. The lowest BCUT2D eigenvalue weighted by Crippen LogP contribution is -2.48. The van der Waals surface area contributed by atoms with Gasteiger partial charge in [-0.05, 0) is 49.9 Å². The number of halogens is 1. The number of piperazine rings is 1. The van der Waals surface area contributed by atoms with Crippen molar-refractivity contribution >= 4 is 23.3 Å². The number of nitriles is 1. The summed E-state index contributed by atoms with van der Waals surface area (Å²) in [6, 6.07) is 10.3. The van der Waals surface area contributed by atoms with Crippen molar-refractivity contribution in [2.75, 3.05) is 44.6 Å². The van der Waals surface area contributed by atoms with Gasteiger partial charge in [-0.3, -0.25) is 14.6 Å². The van der Waals surface area contributed by atoms with Gasteiger partial charge in [0.15, 0.2) is 0 Å². The van der Waals surface area contributed by atoms with Crippen LogP contribution in [0, 0.1) is 25.2 Å². The first-order chi connectivity index (χ1) is 15.9. The van der Waals surface area contributed by atoms with Crippen molar-refractivity contribution in [1.29, 1.82) is 5.26 Å². The Morgan fingerprint density at radius 1 is 1.18 bits per heavy atom. The molecule has 8 heteroatoms. The average molecular weight is 470 g/mol. The molecule has 1 unspecified atom stereocenters. The van der Waals surface area contributed by atoms with Crippen LogP contribution in [0.4, 0.5) is 5.82 Å². The minimum atomic E-state index is -0.0799. The normalized spacial score (nSPS) is 19.5. The van der Waals surface area contributed by atoms with Crippen molar-refractivity contribution in [1.82, 2.24) is 14.4 Å². The maximum absolute atomic E-state index is 12.9. The van der Waals surface area contributed by atoms with Gasteiger partial charge >= 0.3 is 0 Å². The van der Waals surface area contributed by atoms with Gasteiger partial charge in [0.05, 0.1) is 24.8 Å². The summed E-state index contributed by atoms with van der Waals surface area (Å²) >= 11 is 5.98. The molecule has 2 fully saturated rings. The molecule has 2 aromatic rings. The summed E-state index contributed by atoms with van der Waals surface area (Å²) < 4.78 is 7.85. The van der Waals surface area contributed by atoms with Crippen LogP contribution in [-0.2, 0) is 22.6 Å². The van der Waals surface area contributed by atoms with Gasteiger partial charge in [-0.15, -0.1) is 0 Å². The number of carbonyl (C=O) groups is 1. The van der Waals surface area contributed by atoms with Crippen molar-refractivity contribution in [3.63, 3.8) is 0 Å². The van der Waals surface area contributed by atoms with E-state index >= 15 is 0 Å². The van der Waals surface area contributed by atoms with E-state index in [1.165, 1.54) is 5.56 Å². The zero-order valence-electron chi connectivity index (χ0n) is 19.4. The van der Waals surface area contributed by atoms with E-state index in [2.05, 4.69) is 33.3 Å². The Balaban J connectivity index is 1.34. The zero-order valence-corrected chi connectivity index (χ0v) is 20.2. The quantitative estimate of drug-likeness (QED) is 0.671. The molecule has 33 heavy (non-hydrogen) atoms. The van der Waals surface area contributed by atoms with Crippen molar-refractivity contribution in [2.45, 2.75) is 45.9 Å². The molecule has 0 saturated carbocycles. The van der Waals surface area contributed by atoms with E-state index in [1.807, 2.05) is 30.5 Å². The first-order valence-corrected chi connectivity index (χ1v) is 12.0. The Bertz CT molecular complexity index is 1010. The molecule has 2 aliphatic rings. The van der Waals surface area contributed by atoms with E-state index in [-0.39, 0.29) is 12.0 Å². The average Bonchev–Trinajstić information content (AvgIpc) is 3.39. The van der Waals surface area contributed by atoms with E-state index in [9.17, 15) is 10.1 Å². The van der Waals surface area contributed by atoms with E-state index in [1.54, 1.807) is 0 Å². The lowest BCUT2D eigenvalue weighted by molar-refractivity contribution is -0.117. The van der Waals surface area contributed by atoms with E-state index < -0.39 is 0 Å². The van der Waals surface area contributed by atoms with Gasteiger partial charge < -0.3 is 14.6 Å². The van der Waals surface area contributed by atoms with Gasteiger partial charge in [-0.25, -0.2) is 0 Å². The third-order valence-electron chi connectivity index (χ3n) is 6.76. The van der Waals surface area contributed by atoms with Crippen LogP contribution in [-0.4, -0.2) is 65.7 Å². The zero-order chi connectivity index (χ0) is 23.4. The SMILES string of the molecule is Cc1c(C#N)c(NC(=O)CN2CCN(Cc3ccc(Cl)cc3)CC2)n(CC2CCCO2)c1C. The Hall–Kier alpha value is -2.37. The van der Waals surface area contributed by atoms with Gasteiger partial charge in [0.25, 0.3) is 0 Å². The van der Waals surface area contributed by atoms with Gasteiger partial charge in [0, 0.05) is 50.0 Å². The van der Waals surface area contributed by atoms with E-state index in [0.717, 1.165) is 68.5 Å². The molecule has 176 valence electrons. The summed E-state index contributed by atoms with van der Waals surface area (Å²) in [5.74, 6) is 0.526. The molecule has 0 aliphatic carbocycles. The fraction of sp³-hybridized carbons (Fsp3) is 0.520. The Labute approximate surface area is 200 Å². The molecule has 1 amide bonds. The summed E-state index contributed by atoms with van der Waals surface area (Å²) in [5.41, 5.74) is 3.72. The molecular formula is C25H32ClN5O2. The lowest BCUT2D eigenvalue weighted by Gasteiger charge is -2.34. The first kappa shape index (κ1) is 23.8. The van der Waals surface area contributed by atoms with Crippen molar-refractivity contribution in [2.24, 2.45) is 0 Å². The molecule has 7 nitrogen and oxygen atoms in total. The molecular weight excluding hydrogens is 438 g/mol. The second-order valence-corrected chi connectivity index (χ2v) is 9.45. The second-order valence-electron chi connectivity index (χ2n) is 9.02. The predicted molar refractivity (Wildman–Crippen MR) is 129 cm³/mol. The Kier molecular flexibility index (Phi) is 7.71. The van der Waals surface area contributed by atoms with Crippen molar-refractivity contribution < 1.29 is 9.53 Å². The molecule has 1 N–H and O–H groups in total. The minimum absolute atomic E-state index is 0.0799. The van der Waals surface area contributed by atoms with Crippen molar-refractivity contribution in [3.8, 4) is 6.07 Å². The number of amides is 1. The Morgan fingerprint density at radius 2 is 1.88 bits per heavy atom. The number of nitrogens with zero attached hydrogens (tertiary/aromatic N) is 4. The summed E-state index contributed by atoms with van der Waals surface area (Å²) in [6.45, 7) is 10.1. The number of hydrogen-bond acceptors (Lipinski definition) is 5. The summed E-state index contributed by atoms with van der Waals surface area (Å²) in [5, 5.41) is 13.5. The molecule has 0 spiro atoms. The first-order valence-electron chi connectivity index (χ1n) is 11.6. The molecule has 4 rings (SSSR count). The number of hydrogen-bond donors (Lipinski definition) is 1. The van der Waals surface area contributed by atoms with Crippen LogP contribution < -0.4 is 5.32 Å². The number of rotatable bonds is 7. The van der Waals surface area contributed by atoms with Crippen LogP contribution in [0.3, 0.4) is 0 Å². The number of aromatic nitrogens is 1. The molecule has 0 bridgehead atoms. The topological polar surface area (TPSA) is 73.5 Å². The smallest absolute Gasteiger partial charge is 0.239 e. The summed E-state index contributed by atoms with van der Waals surface area (Å²) in [4.78, 5) is 17.5. The van der Waals surface area contributed by atoms with Crippen LogP contribution in [0.25, 0.3) is 0 Å². The lowest BCUT2D eigenvalue weighted by atomic mass is 10.2. The molecule has 1 atom stereocenters. The van der Waals surface area contributed by atoms with Gasteiger partial charge in [0.1, 0.15) is 11.9 Å². The molecule has 0 radical (unpaired) electrons. The monoisotopic (exact) mass is 469 g/mol. The second kappa shape index (κ2) is 10.7. The predicted octanol–water partition coefficient (Wildman–Crippen LogP) is 3.57. The third kappa shape index (κ3) is 5.77.